The lowest BCUT2D eigenvalue weighted by Gasteiger charge is -2.22. The Balaban J connectivity index is 1.16. The second-order valence-corrected chi connectivity index (χ2v) is 10.1. The number of aromatic amines is 1. The van der Waals surface area contributed by atoms with Gasteiger partial charge in [0.25, 0.3) is 11.5 Å². The summed E-state index contributed by atoms with van der Waals surface area (Å²) < 4.78 is 28.9. The molecule has 1 N–H and O–H groups in total. The predicted octanol–water partition coefficient (Wildman–Crippen LogP) is 4.00. The minimum Gasteiger partial charge on any atom is -0.338 e. The number of benzene rings is 3. The molecule has 2 aliphatic rings. The van der Waals surface area contributed by atoms with Crippen LogP contribution in [0.1, 0.15) is 27.2 Å². The molecule has 2 atom stereocenters. The van der Waals surface area contributed by atoms with Crippen LogP contribution in [0, 0.1) is 23.5 Å². The highest BCUT2D eigenvalue weighted by Crippen LogP contribution is 2.33. The Bertz CT molecular complexity index is 1540. The second-order valence-electron chi connectivity index (χ2n) is 10.1. The third-order valence-corrected chi connectivity index (χ3v) is 7.61. The van der Waals surface area contributed by atoms with E-state index in [4.69, 9.17) is 0 Å². The number of amides is 1. The molecule has 0 spiro atoms. The highest BCUT2D eigenvalue weighted by Gasteiger charge is 2.42. The van der Waals surface area contributed by atoms with Gasteiger partial charge in [-0.15, -0.1) is 0 Å². The fourth-order valence-electron chi connectivity index (χ4n) is 5.77. The Hall–Kier alpha value is -3.91. The molecule has 2 fully saturated rings. The van der Waals surface area contributed by atoms with Gasteiger partial charge in [0.1, 0.15) is 11.6 Å². The molecule has 0 radical (unpaired) electrons. The first kappa shape index (κ1) is 23.5. The van der Waals surface area contributed by atoms with Crippen molar-refractivity contribution in [2.75, 3.05) is 26.2 Å². The van der Waals surface area contributed by atoms with Crippen molar-refractivity contribution in [3.8, 4) is 0 Å². The van der Waals surface area contributed by atoms with E-state index in [2.05, 4.69) is 15.1 Å². The average Bonchev–Trinajstić information content (AvgIpc) is 3.47. The van der Waals surface area contributed by atoms with Gasteiger partial charge in [-0.05, 0) is 41.7 Å². The fraction of sp³-hybridized carbons (Fsp3) is 0.276. The second kappa shape index (κ2) is 9.52. The molecule has 37 heavy (non-hydrogen) atoms. The Morgan fingerprint density at radius 3 is 2.35 bits per heavy atom. The minimum atomic E-state index is -0.550. The number of rotatable bonds is 5. The Kier molecular flexibility index (Phi) is 6.04. The summed E-state index contributed by atoms with van der Waals surface area (Å²) in [6.45, 7) is 3.25. The average molecular weight is 501 g/mol. The summed E-state index contributed by atoms with van der Waals surface area (Å²) in [5, 5.41) is 8.00. The summed E-state index contributed by atoms with van der Waals surface area (Å²) in [4.78, 5) is 29.4. The van der Waals surface area contributed by atoms with Gasteiger partial charge < -0.3 is 4.90 Å². The van der Waals surface area contributed by atoms with Crippen molar-refractivity contribution in [1.29, 1.82) is 0 Å². The van der Waals surface area contributed by atoms with Crippen LogP contribution in [0.4, 0.5) is 8.78 Å². The number of fused-ring (bicyclic) bond motifs is 2. The zero-order chi connectivity index (χ0) is 25.5. The van der Waals surface area contributed by atoms with E-state index in [1.165, 1.54) is 12.1 Å². The van der Waals surface area contributed by atoms with Crippen LogP contribution in [0.2, 0.25) is 0 Å². The molecule has 1 amide bonds. The SMILES string of the molecule is O=C(c1cc(Cc2n[nH]c(=O)c3ccccc23)ccc1F)N1CC2CN(Cc3ccccc3F)CC2C1. The molecule has 2 unspecified atom stereocenters. The summed E-state index contributed by atoms with van der Waals surface area (Å²) in [6.07, 6.45) is 0.355. The number of aromatic nitrogens is 2. The molecular weight excluding hydrogens is 474 g/mol. The van der Waals surface area contributed by atoms with E-state index in [9.17, 15) is 18.4 Å². The fourth-order valence-corrected chi connectivity index (χ4v) is 5.77. The monoisotopic (exact) mass is 500 g/mol. The van der Waals surface area contributed by atoms with E-state index in [1.54, 1.807) is 41.3 Å². The zero-order valence-corrected chi connectivity index (χ0v) is 20.2. The molecule has 0 saturated carbocycles. The quantitative estimate of drug-likeness (QED) is 0.450. The van der Waals surface area contributed by atoms with Crippen LogP contribution in [0.3, 0.4) is 0 Å². The van der Waals surface area contributed by atoms with Gasteiger partial charge in [0.2, 0.25) is 0 Å². The van der Waals surface area contributed by atoms with Gasteiger partial charge in [0.15, 0.2) is 0 Å². The Morgan fingerprint density at radius 2 is 1.59 bits per heavy atom. The van der Waals surface area contributed by atoms with Crippen molar-refractivity contribution in [2.24, 2.45) is 11.8 Å². The van der Waals surface area contributed by atoms with Crippen LogP contribution in [0.5, 0.6) is 0 Å². The summed E-state index contributed by atoms with van der Waals surface area (Å²) in [5.74, 6) is -0.478. The number of carbonyl (C=O) groups excluding carboxylic acids is 1. The number of H-pyrrole nitrogens is 1. The topological polar surface area (TPSA) is 69.3 Å². The number of carbonyl (C=O) groups is 1. The smallest absolute Gasteiger partial charge is 0.272 e. The van der Waals surface area contributed by atoms with Crippen LogP contribution in [-0.2, 0) is 13.0 Å². The van der Waals surface area contributed by atoms with Gasteiger partial charge in [-0.2, -0.15) is 5.10 Å². The molecule has 6 nitrogen and oxygen atoms in total. The first-order valence-electron chi connectivity index (χ1n) is 12.5. The van der Waals surface area contributed by atoms with Gasteiger partial charge in [0, 0.05) is 50.1 Å². The third-order valence-electron chi connectivity index (χ3n) is 7.61. The van der Waals surface area contributed by atoms with Gasteiger partial charge in [0.05, 0.1) is 16.6 Å². The van der Waals surface area contributed by atoms with Crippen LogP contribution >= 0.6 is 0 Å². The maximum absolute atomic E-state index is 14.8. The lowest BCUT2D eigenvalue weighted by molar-refractivity contribution is 0.0768. The molecule has 0 aliphatic carbocycles. The van der Waals surface area contributed by atoms with Gasteiger partial charge in [-0.1, -0.05) is 42.5 Å². The third kappa shape index (κ3) is 4.53. The van der Waals surface area contributed by atoms with Crippen LogP contribution in [-0.4, -0.2) is 52.1 Å². The number of nitrogens with one attached hydrogen (secondary N) is 1. The van der Waals surface area contributed by atoms with Gasteiger partial charge >= 0.3 is 0 Å². The molecule has 0 bridgehead atoms. The van der Waals surface area contributed by atoms with Gasteiger partial charge in [-0.25, -0.2) is 13.9 Å². The standard InChI is InChI=1S/C29H26F2N4O2/c30-25-8-4-1-5-19(25)13-34-14-20-16-35(17-21(20)15-34)29(37)24-11-18(9-10-26(24)31)12-27-22-6-2-3-7-23(22)28(36)33-32-27/h1-11,20-21H,12-17H2,(H,33,36). The molecule has 2 saturated heterocycles. The van der Waals surface area contributed by atoms with Crippen molar-refractivity contribution >= 4 is 16.7 Å². The Labute approximate surface area is 212 Å². The number of nitrogens with zero attached hydrogens (tertiary/aromatic N) is 3. The van der Waals surface area contributed by atoms with Crippen molar-refractivity contribution in [3.63, 3.8) is 0 Å². The Morgan fingerprint density at radius 1 is 0.892 bits per heavy atom. The van der Waals surface area contributed by atoms with E-state index < -0.39 is 5.82 Å². The highest BCUT2D eigenvalue weighted by atomic mass is 19.1. The maximum Gasteiger partial charge on any atom is 0.272 e. The molecule has 3 heterocycles. The predicted molar refractivity (Wildman–Crippen MR) is 136 cm³/mol. The summed E-state index contributed by atoms with van der Waals surface area (Å²) in [7, 11) is 0. The lowest BCUT2D eigenvalue weighted by atomic mass is 10.0. The van der Waals surface area contributed by atoms with Crippen LogP contribution < -0.4 is 5.56 Å². The van der Waals surface area contributed by atoms with Crippen molar-refractivity contribution < 1.29 is 13.6 Å². The van der Waals surface area contributed by atoms with Crippen molar-refractivity contribution in [1.82, 2.24) is 20.0 Å². The first-order valence-corrected chi connectivity index (χ1v) is 12.5. The molecule has 4 aromatic rings. The molecule has 8 heteroatoms. The molecule has 2 aliphatic heterocycles. The number of likely N-dealkylation sites (tertiary alicyclic amines) is 2. The molecular formula is C29H26F2N4O2. The number of halogens is 2. The van der Waals surface area contributed by atoms with E-state index in [-0.39, 0.29) is 22.8 Å². The molecule has 3 aromatic carbocycles. The molecule has 6 rings (SSSR count). The number of hydrogen-bond donors (Lipinski definition) is 1. The zero-order valence-electron chi connectivity index (χ0n) is 20.2. The first-order chi connectivity index (χ1) is 18.0. The summed E-state index contributed by atoms with van der Waals surface area (Å²) in [6, 6.07) is 18.6. The van der Waals surface area contributed by atoms with Crippen LogP contribution in [0.15, 0.2) is 71.5 Å². The highest BCUT2D eigenvalue weighted by molar-refractivity contribution is 5.95. The molecule has 188 valence electrons. The molecule has 1 aromatic heterocycles. The van der Waals surface area contributed by atoms with Crippen LogP contribution in [0.25, 0.3) is 10.8 Å². The van der Waals surface area contributed by atoms with E-state index >= 15 is 0 Å². The normalized spacial score (nSPS) is 19.5. The maximum atomic E-state index is 14.8. The summed E-state index contributed by atoms with van der Waals surface area (Å²) >= 11 is 0. The van der Waals surface area contributed by atoms with E-state index in [0.29, 0.717) is 54.5 Å². The van der Waals surface area contributed by atoms with Gasteiger partial charge in [-0.3, -0.25) is 14.5 Å². The largest absolute Gasteiger partial charge is 0.338 e. The van der Waals surface area contributed by atoms with Crippen molar-refractivity contribution in [3.05, 3.63) is 111 Å². The summed E-state index contributed by atoms with van der Waals surface area (Å²) in [5.41, 5.74) is 1.87. The van der Waals surface area contributed by atoms with Crippen molar-refractivity contribution in [2.45, 2.75) is 13.0 Å². The number of hydrogen-bond acceptors (Lipinski definition) is 4. The lowest BCUT2D eigenvalue weighted by Crippen LogP contribution is -2.33. The van der Waals surface area contributed by atoms with E-state index in [1.807, 2.05) is 18.2 Å². The minimum absolute atomic E-state index is 0.0504. The van der Waals surface area contributed by atoms with E-state index in [0.717, 1.165) is 24.0 Å².